The molecule has 2 unspecified atom stereocenters. The van der Waals surface area contributed by atoms with Crippen molar-refractivity contribution in [2.45, 2.75) is 38.8 Å². The lowest BCUT2D eigenvalue weighted by atomic mass is 10.0. The van der Waals surface area contributed by atoms with Gasteiger partial charge in [-0.1, -0.05) is 29.8 Å². The number of nitrogens with one attached hydrogen (secondary N) is 1. The molecule has 0 amide bonds. The van der Waals surface area contributed by atoms with Crippen molar-refractivity contribution in [2.24, 2.45) is 0 Å². The summed E-state index contributed by atoms with van der Waals surface area (Å²) in [6.07, 6.45) is 2.32. The molecule has 106 valence electrons. The third-order valence-corrected chi connectivity index (χ3v) is 4.35. The Morgan fingerprint density at radius 1 is 1.32 bits per heavy atom. The van der Waals surface area contributed by atoms with Gasteiger partial charge in [-0.3, -0.25) is 0 Å². The maximum Gasteiger partial charge on any atom is 0.122 e. The molecule has 1 aliphatic rings. The van der Waals surface area contributed by atoms with Crippen LogP contribution >= 0.6 is 15.9 Å². The SMILES string of the molecule is CCC1CN(c2cc(Br)cc(OC)c2)C(CC)CN1. The largest absolute Gasteiger partial charge is 0.497 e. The molecule has 2 atom stereocenters. The molecule has 0 aromatic heterocycles. The first-order chi connectivity index (χ1) is 9.17. The Morgan fingerprint density at radius 3 is 2.74 bits per heavy atom. The van der Waals surface area contributed by atoms with E-state index >= 15 is 0 Å². The molecule has 2 rings (SSSR count). The fraction of sp³-hybridized carbons (Fsp3) is 0.600. The minimum Gasteiger partial charge on any atom is -0.497 e. The van der Waals surface area contributed by atoms with Gasteiger partial charge in [-0.2, -0.15) is 0 Å². The van der Waals surface area contributed by atoms with Crippen molar-refractivity contribution in [3.05, 3.63) is 22.7 Å². The lowest BCUT2D eigenvalue weighted by Crippen LogP contribution is -2.56. The fourth-order valence-electron chi connectivity index (χ4n) is 2.65. The van der Waals surface area contributed by atoms with Gasteiger partial charge in [0.1, 0.15) is 5.75 Å². The molecule has 1 N–H and O–H groups in total. The lowest BCUT2D eigenvalue weighted by molar-refractivity contribution is 0.377. The van der Waals surface area contributed by atoms with Gasteiger partial charge in [0, 0.05) is 41.4 Å². The average molecular weight is 327 g/mol. The Labute approximate surface area is 124 Å². The van der Waals surface area contributed by atoms with Crippen molar-refractivity contribution in [1.82, 2.24) is 5.32 Å². The summed E-state index contributed by atoms with van der Waals surface area (Å²) in [4.78, 5) is 2.51. The molecule has 1 saturated heterocycles. The number of ether oxygens (including phenoxy) is 1. The van der Waals surface area contributed by atoms with E-state index in [0.717, 1.165) is 36.2 Å². The predicted molar refractivity (Wildman–Crippen MR) is 84.2 cm³/mol. The molecule has 1 heterocycles. The van der Waals surface area contributed by atoms with Crippen LogP contribution in [0.15, 0.2) is 22.7 Å². The van der Waals surface area contributed by atoms with E-state index in [0.29, 0.717) is 12.1 Å². The zero-order chi connectivity index (χ0) is 13.8. The number of anilines is 1. The molecule has 19 heavy (non-hydrogen) atoms. The summed E-state index contributed by atoms with van der Waals surface area (Å²) < 4.78 is 6.45. The molecule has 1 aromatic carbocycles. The molecule has 3 nitrogen and oxygen atoms in total. The Balaban J connectivity index is 2.27. The van der Waals surface area contributed by atoms with E-state index in [1.54, 1.807) is 7.11 Å². The highest BCUT2D eigenvalue weighted by Crippen LogP contribution is 2.30. The highest BCUT2D eigenvalue weighted by molar-refractivity contribution is 9.10. The number of methoxy groups -OCH3 is 1. The first-order valence-electron chi connectivity index (χ1n) is 7.02. The van der Waals surface area contributed by atoms with Gasteiger partial charge in [0.2, 0.25) is 0 Å². The van der Waals surface area contributed by atoms with Crippen molar-refractivity contribution >= 4 is 21.6 Å². The molecular weight excluding hydrogens is 304 g/mol. The van der Waals surface area contributed by atoms with Crippen molar-refractivity contribution in [3.8, 4) is 5.75 Å². The first kappa shape index (κ1) is 14.7. The molecule has 1 aromatic rings. The molecule has 1 aliphatic heterocycles. The zero-order valence-electron chi connectivity index (χ0n) is 11.9. The minimum atomic E-state index is 0.557. The van der Waals surface area contributed by atoms with E-state index in [9.17, 15) is 0 Å². The average Bonchev–Trinajstić information content (AvgIpc) is 2.45. The van der Waals surface area contributed by atoms with Gasteiger partial charge >= 0.3 is 0 Å². The maximum atomic E-state index is 5.38. The number of nitrogens with zero attached hydrogens (tertiary/aromatic N) is 1. The zero-order valence-corrected chi connectivity index (χ0v) is 13.5. The predicted octanol–water partition coefficient (Wildman–Crippen LogP) is 3.42. The summed E-state index contributed by atoms with van der Waals surface area (Å²) in [6, 6.07) is 7.45. The van der Waals surface area contributed by atoms with Crippen LogP contribution in [0.1, 0.15) is 26.7 Å². The van der Waals surface area contributed by atoms with Crippen LogP contribution in [0.3, 0.4) is 0 Å². The Morgan fingerprint density at radius 2 is 2.11 bits per heavy atom. The van der Waals surface area contributed by atoms with Crippen LogP contribution in [-0.4, -0.2) is 32.3 Å². The lowest BCUT2D eigenvalue weighted by Gasteiger charge is -2.41. The highest BCUT2D eigenvalue weighted by Gasteiger charge is 2.26. The third kappa shape index (κ3) is 3.42. The van der Waals surface area contributed by atoms with Crippen LogP contribution in [0.2, 0.25) is 0 Å². The van der Waals surface area contributed by atoms with Gasteiger partial charge in [0.05, 0.1) is 7.11 Å². The van der Waals surface area contributed by atoms with Gasteiger partial charge in [-0.25, -0.2) is 0 Å². The Kier molecular flexibility index (Phi) is 5.11. The second-order valence-electron chi connectivity index (χ2n) is 5.08. The molecule has 0 spiro atoms. The maximum absolute atomic E-state index is 5.38. The van der Waals surface area contributed by atoms with Crippen LogP contribution < -0.4 is 15.0 Å². The van der Waals surface area contributed by atoms with Gasteiger partial charge in [0.15, 0.2) is 0 Å². The number of hydrogen-bond donors (Lipinski definition) is 1. The molecule has 1 fully saturated rings. The van der Waals surface area contributed by atoms with Crippen LogP contribution in [-0.2, 0) is 0 Å². The van der Waals surface area contributed by atoms with Crippen LogP contribution in [0.4, 0.5) is 5.69 Å². The molecule has 0 bridgehead atoms. The van der Waals surface area contributed by atoms with Gasteiger partial charge in [0.25, 0.3) is 0 Å². The summed E-state index contributed by atoms with van der Waals surface area (Å²) in [5.41, 5.74) is 1.25. The topological polar surface area (TPSA) is 24.5 Å². The van der Waals surface area contributed by atoms with E-state index in [1.165, 1.54) is 5.69 Å². The molecule has 0 aliphatic carbocycles. The van der Waals surface area contributed by atoms with Crippen LogP contribution in [0.5, 0.6) is 5.75 Å². The van der Waals surface area contributed by atoms with Crippen molar-refractivity contribution < 1.29 is 4.74 Å². The number of rotatable bonds is 4. The van der Waals surface area contributed by atoms with Gasteiger partial charge < -0.3 is 15.0 Å². The van der Waals surface area contributed by atoms with E-state index in [2.05, 4.69) is 52.1 Å². The third-order valence-electron chi connectivity index (χ3n) is 3.89. The van der Waals surface area contributed by atoms with Crippen LogP contribution in [0, 0.1) is 0 Å². The Hall–Kier alpha value is -0.740. The van der Waals surface area contributed by atoms with Crippen molar-refractivity contribution in [1.29, 1.82) is 0 Å². The molecular formula is C15H23BrN2O. The second-order valence-corrected chi connectivity index (χ2v) is 5.99. The van der Waals surface area contributed by atoms with E-state index in [1.807, 2.05) is 6.07 Å². The normalized spacial score (nSPS) is 23.5. The number of hydrogen-bond acceptors (Lipinski definition) is 3. The smallest absolute Gasteiger partial charge is 0.122 e. The van der Waals surface area contributed by atoms with Crippen molar-refractivity contribution in [2.75, 3.05) is 25.1 Å². The highest BCUT2D eigenvalue weighted by atomic mass is 79.9. The second kappa shape index (κ2) is 6.62. The number of benzene rings is 1. The summed E-state index contributed by atoms with van der Waals surface area (Å²) in [6.45, 7) is 6.61. The quantitative estimate of drug-likeness (QED) is 0.917. The summed E-state index contributed by atoms with van der Waals surface area (Å²) in [5.74, 6) is 0.908. The number of halogens is 1. The summed E-state index contributed by atoms with van der Waals surface area (Å²) in [7, 11) is 1.72. The monoisotopic (exact) mass is 326 g/mol. The van der Waals surface area contributed by atoms with E-state index in [-0.39, 0.29) is 0 Å². The van der Waals surface area contributed by atoms with E-state index in [4.69, 9.17) is 4.74 Å². The van der Waals surface area contributed by atoms with Crippen LogP contribution in [0.25, 0.3) is 0 Å². The first-order valence-corrected chi connectivity index (χ1v) is 7.81. The molecule has 4 heteroatoms. The molecule has 0 saturated carbocycles. The fourth-order valence-corrected chi connectivity index (χ4v) is 3.11. The van der Waals surface area contributed by atoms with Gasteiger partial charge in [-0.15, -0.1) is 0 Å². The van der Waals surface area contributed by atoms with Gasteiger partial charge in [-0.05, 0) is 25.0 Å². The minimum absolute atomic E-state index is 0.557. The summed E-state index contributed by atoms with van der Waals surface area (Å²) >= 11 is 3.57. The Bertz CT molecular complexity index is 425. The number of piperazine rings is 1. The summed E-state index contributed by atoms with van der Waals surface area (Å²) in [5, 5.41) is 3.63. The van der Waals surface area contributed by atoms with E-state index < -0.39 is 0 Å². The van der Waals surface area contributed by atoms with Crippen molar-refractivity contribution in [3.63, 3.8) is 0 Å². The molecule has 0 radical (unpaired) electrons. The standard InChI is InChI=1S/C15H23BrN2O/c1-4-12-10-18(13(5-2)9-17-12)14-6-11(16)7-15(8-14)19-3/h6-8,12-13,17H,4-5,9-10H2,1-3H3.